The summed E-state index contributed by atoms with van der Waals surface area (Å²) in [7, 11) is -1.91. The van der Waals surface area contributed by atoms with Gasteiger partial charge in [-0.3, -0.25) is 0 Å². The largest absolute Gasteiger partial charge is 0.478 e. The van der Waals surface area contributed by atoms with Gasteiger partial charge in [0.15, 0.2) is 8.32 Å². The molecule has 0 aromatic heterocycles. The number of hydrogen-bond donors (Lipinski definition) is 2. The highest BCUT2D eigenvalue weighted by Gasteiger charge is 2.23. The minimum Gasteiger partial charge on any atom is -0.478 e. The van der Waals surface area contributed by atoms with Crippen molar-refractivity contribution in [2.45, 2.75) is 25.9 Å². The summed E-state index contributed by atoms with van der Waals surface area (Å²) in [5.74, 6) is -1.33. The maximum atomic E-state index is 10.0. The molecule has 0 radical (unpaired) electrons. The summed E-state index contributed by atoms with van der Waals surface area (Å²) in [6.07, 6.45) is -1.66. The fourth-order valence-corrected chi connectivity index (χ4v) is 1.16. The van der Waals surface area contributed by atoms with Crippen LogP contribution >= 0.6 is 0 Å². The second-order valence-electron chi connectivity index (χ2n) is 2.92. The Hall–Kier alpha value is -0.393. The summed E-state index contributed by atoms with van der Waals surface area (Å²) in [6, 6.07) is 0. The molecule has 0 aliphatic carbocycles. The summed E-state index contributed by atoms with van der Waals surface area (Å²) in [5, 5.41) is 16.9. The molecule has 0 aromatic carbocycles. The molecule has 0 aromatic rings. The van der Waals surface area contributed by atoms with E-state index >= 15 is 0 Å². The predicted molar refractivity (Wildman–Crippen MR) is 38.1 cm³/mol. The molecule has 2 N–H and O–H groups in total. The van der Waals surface area contributed by atoms with Crippen molar-refractivity contribution in [1.29, 1.82) is 0 Å². The van der Waals surface area contributed by atoms with Gasteiger partial charge in [0.25, 0.3) is 0 Å². The first-order chi connectivity index (χ1) is 4.33. The topological polar surface area (TPSA) is 66.8 Å². The number of carbonyl (C=O) groups is 1. The fraction of sp³-hybridized carbons (Fsp3) is 0.800. The summed E-state index contributed by atoms with van der Waals surface area (Å²) >= 11 is 0. The molecule has 0 aliphatic heterocycles. The zero-order chi connectivity index (χ0) is 8.36. The predicted octanol–water partition coefficient (Wildman–Crippen LogP) is 0.241. The summed E-state index contributed by atoms with van der Waals surface area (Å²) in [6.45, 7) is 5.41. The van der Waals surface area contributed by atoms with Gasteiger partial charge in [-0.1, -0.05) is 0 Å². The number of carboxylic acid groups (broad SMARTS) is 1. The molecule has 1 atom stereocenters. The average molecular weight is 164 g/mol. The van der Waals surface area contributed by atoms with E-state index in [9.17, 15) is 4.79 Å². The van der Waals surface area contributed by atoms with Crippen LogP contribution in [0.3, 0.4) is 0 Å². The first kappa shape index (κ1) is 9.61. The Labute approximate surface area is 60.6 Å². The van der Waals surface area contributed by atoms with Gasteiger partial charge < -0.3 is 14.6 Å². The lowest BCUT2D eigenvalue weighted by Crippen LogP contribution is -2.36. The lowest BCUT2D eigenvalue weighted by Gasteiger charge is -2.18. The van der Waals surface area contributed by atoms with Crippen LogP contribution in [-0.2, 0) is 9.22 Å². The highest BCUT2D eigenvalue weighted by Crippen LogP contribution is 2.05. The first-order valence-corrected chi connectivity index (χ1v) is 6.32. The van der Waals surface area contributed by atoms with Crippen LogP contribution < -0.4 is 0 Å². The second kappa shape index (κ2) is 3.13. The highest BCUT2D eigenvalue weighted by molar-refractivity contribution is 6.69. The molecule has 0 fully saturated rings. The normalized spacial score (nSPS) is 14.8. The van der Waals surface area contributed by atoms with E-state index in [0.717, 1.165) is 0 Å². The Morgan fingerprint density at radius 3 is 2.00 bits per heavy atom. The second-order valence-corrected chi connectivity index (χ2v) is 7.38. The van der Waals surface area contributed by atoms with Crippen LogP contribution in [0.1, 0.15) is 0 Å². The van der Waals surface area contributed by atoms with E-state index in [-0.39, 0.29) is 0 Å². The van der Waals surface area contributed by atoms with Crippen molar-refractivity contribution in [2.24, 2.45) is 0 Å². The third kappa shape index (κ3) is 4.48. The minimum absolute atomic E-state index is 1.33. The van der Waals surface area contributed by atoms with Gasteiger partial charge in [0, 0.05) is 0 Å². The van der Waals surface area contributed by atoms with E-state index in [1.165, 1.54) is 0 Å². The molecular weight excluding hydrogens is 152 g/mol. The van der Waals surface area contributed by atoms with Crippen molar-refractivity contribution in [2.75, 3.05) is 0 Å². The molecule has 0 saturated heterocycles. The number of rotatable bonds is 3. The summed E-state index contributed by atoms with van der Waals surface area (Å²) < 4.78 is 4.79. The Balaban J connectivity index is 3.80. The van der Waals surface area contributed by atoms with Crippen molar-refractivity contribution in [3.8, 4) is 0 Å². The number of aliphatic hydroxyl groups is 1. The molecule has 0 bridgehead atoms. The quantitative estimate of drug-likeness (QED) is 0.463. The Morgan fingerprint density at radius 2 is 1.90 bits per heavy atom. The van der Waals surface area contributed by atoms with Crippen LogP contribution in [0.5, 0.6) is 0 Å². The van der Waals surface area contributed by atoms with E-state index in [1.54, 1.807) is 19.6 Å². The monoisotopic (exact) mass is 164 g/mol. The van der Waals surface area contributed by atoms with Gasteiger partial charge in [-0.05, 0) is 19.6 Å². The lowest BCUT2D eigenvalue weighted by molar-refractivity contribution is -0.163. The Morgan fingerprint density at radius 1 is 1.50 bits per heavy atom. The lowest BCUT2D eigenvalue weighted by atomic mass is 10.7. The summed E-state index contributed by atoms with van der Waals surface area (Å²) in [5.41, 5.74) is 0. The van der Waals surface area contributed by atoms with E-state index in [1.807, 2.05) is 0 Å². The first-order valence-electron chi connectivity index (χ1n) is 2.91. The fourth-order valence-electron chi connectivity index (χ4n) is 0.385. The van der Waals surface area contributed by atoms with Crippen LogP contribution in [0, 0.1) is 0 Å². The van der Waals surface area contributed by atoms with Crippen molar-refractivity contribution < 1.29 is 19.4 Å². The van der Waals surface area contributed by atoms with Gasteiger partial charge in [-0.15, -0.1) is 0 Å². The molecule has 0 spiro atoms. The molecule has 1 unspecified atom stereocenters. The molecule has 10 heavy (non-hydrogen) atoms. The van der Waals surface area contributed by atoms with Gasteiger partial charge in [0.05, 0.1) is 0 Å². The SMILES string of the molecule is C[Si](C)(C)OC(O)C(=O)O. The molecule has 0 amide bonds. The van der Waals surface area contributed by atoms with Gasteiger partial charge in [0.1, 0.15) is 0 Å². The number of hydrogen-bond acceptors (Lipinski definition) is 3. The van der Waals surface area contributed by atoms with Gasteiger partial charge >= 0.3 is 5.97 Å². The molecular formula is C5H12O4Si. The van der Waals surface area contributed by atoms with Crippen molar-refractivity contribution >= 4 is 14.3 Å². The standard InChI is InChI=1S/C5H12O4Si/c1-10(2,3)9-5(8)4(6)7/h5,8H,1-3H3,(H,6,7). The third-order valence-corrected chi connectivity index (χ3v) is 1.61. The highest BCUT2D eigenvalue weighted by atomic mass is 28.4. The number of aliphatic hydroxyl groups excluding tert-OH is 1. The smallest absolute Gasteiger partial charge is 0.359 e. The average Bonchev–Trinajstić information content (AvgIpc) is 1.60. The van der Waals surface area contributed by atoms with Crippen molar-refractivity contribution in [3.05, 3.63) is 0 Å². The molecule has 5 heteroatoms. The third-order valence-electron chi connectivity index (χ3n) is 0.676. The van der Waals surface area contributed by atoms with Crippen LogP contribution in [0.15, 0.2) is 0 Å². The van der Waals surface area contributed by atoms with Crippen molar-refractivity contribution in [3.63, 3.8) is 0 Å². The Kier molecular flexibility index (Phi) is 3.01. The van der Waals surface area contributed by atoms with E-state index in [0.29, 0.717) is 0 Å². The van der Waals surface area contributed by atoms with Gasteiger partial charge in [-0.25, -0.2) is 4.79 Å². The van der Waals surface area contributed by atoms with E-state index < -0.39 is 20.6 Å². The maximum Gasteiger partial charge on any atom is 0.359 e. The zero-order valence-corrected chi connectivity index (χ0v) is 7.29. The summed E-state index contributed by atoms with van der Waals surface area (Å²) in [4.78, 5) is 10.0. The number of aliphatic carboxylic acids is 1. The van der Waals surface area contributed by atoms with Crippen LogP contribution in [0.2, 0.25) is 19.6 Å². The maximum absolute atomic E-state index is 10.0. The van der Waals surface area contributed by atoms with Gasteiger partial charge in [-0.2, -0.15) is 0 Å². The van der Waals surface area contributed by atoms with Crippen LogP contribution in [-0.4, -0.2) is 30.8 Å². The van der Waals surface area contributed by atoms with Gasteiger partial charge in [0.2, 0.25) is 6.29 Å². The Bertz CT molecular complexity index is 128. The van der Waals surface area contributed by atoms with E-state index in [2.05, 4.69) is 0 Å². The zero-order valence-electron chi connectivity index (χ0n) is 6.29. The molecule has 0 saturated carbocycles. The molecule has 0 rings (SSSR count). The van der Waals surface area contributed by atoms with Crippen LogP contribution in [0.25, 0.3) is 0 Å². The van der Waals surface area contributed by atoms with Crippen molar-refractivity contribution in [1.82, 2.24) is 0 Å². The molecule has 60 valence electrons. The molecule has 4 nitrogen and oxygen atoms in total. The van der Waals surface area contributed by atoms with E-state index in [4.69, 9.17) is 14.6 Å². The minimum atomic E-state index is -1.91. The molecule has 0 heterocycles. The number of carboxylic acids is 1. The van der Waals surface area contributed by atoms with Crippen LogP contribution in [0.4, 0.5) is 0 Å². The molecule has 0 aliphatic rings.